The number of hydrogen-bond acceptors (Lipinski definition) is 3. The third-order valence-electron chi connectivity index (χ3n) is 2.44. The highest BCUT2D eigenvalue weighted by Gasteiger charge is 2.34. The molecule has 1 fully saturated rings. The van der Waals surface area contributed by atoms with Gasteiger partial charge in [-0.1, -0.05) is 17.7 Å². The highest BCUT2D eigenvalue weighted by atomic mass is 35.5. The van der Waals surface area contributed by atoms with Crippen LogP contribution in [0.15, 0.2) is 24.3 Å². The zero-order valence-electron chi connectivity index (χ0n) is 8.16. The van der Waals surface area contributed by atoms with Crippen LogP contribution in [0.2, 0.25) is 5.02 Å². The highest BCUT2D eigenvalue weighted by molar-refractivity contribution is 6.30. The van der Waals surface area contributed by atoms with Crippen molar-refractivity contribution in [2.24, 2.45) is 0 Å². The van der Waals surface area contributed by atoms with Gasteiger partial charge in [0.05, 0.1) is 19.3 Å². The van der Waals surface area contributed by atoms with Crippen LogP contribution in [0.4, 0.5) is 5.69 Å². The molecular formula is C11H11ClN2O. The number of nitrogens with one attached hydrogen (secondary N) is 1. The van der Waals surface area contributed by atoms with E-state index in [0.29, 0.717) is 24.7 Å². The summed E-state index contributed by atoms with van der Waals surface area (Å²) in [6, 6.07) is 9.62. The van der Waals surface area contributed by atoms with Crippen molar-refractivity contribution >= 4 is 17.3 Å². The standard InChI is InChI=1S/C11H11ClN2O/c12-9-2-1-3-10(6-9)14-11(7-13)4-5-15-8-11/h1-3,6,14H,4-5,8H2. The number of rotatable bonds is 2. The van der Waals surface area contributed by atoms with Crippen molar-refractivity contribution in [3.8, 4) is 6.07 Å². The van der Waals surface area contributed by atoms with Crippen molar-refractivity contribution in [1.29, 1.82) is 5.26 Å². The van der Waals surface area contributed by atoms with Crippen LogP contribution in [0.5, 0.6) is 0 Å². The quantitative estimate of drug-likeness (QED) is 0.836. The molecule has 1 aromatic carbocycles. The lowest BCUT2D eigenvalue weighted by atomic mass is 10.0. The minimum Gasteiger partial charge on any atom is -0.378 e. The van der Waals surface area contributed by atoms with Crippen LogP contribution >= 0.6 is 11.6 Å². The summed E-state index contributed by atoms with van der Waals surface area (Å²) in [5.41, 5.74) is 0.263. The van der Waals surface area contributed by atoms with E-state index in [4.69, 9.17) is 21.6 Å². The first kappa shape index (κ1) is 10.3. The smallest absolute Gasteiger partial charge is 0.151 e. The minimum atomic E-state index is -0.593. The van der Waals surface area contributed by atoms with Crippen LogP contribution < -0.4 is 5.32 Å². The monoisotopic (exact) mass is 222 g/mol. The second-order valence-corrected chi connectivity index (χ2v) is 4.07. The molecule has 0 spiro atoms. The van der Waals surface area contributed by atoms with Gasteiger partial charge in [-0.05, 0) is 18.2 Å². The summed E-state index contributed by atoms with van der Waals surface area (Å²) in [4.78, 5) is 0. The Kier molecular flexibility index (Phi) is 2.81. The maximum absolute atomic E-state index is 9.12. The molecule has 0 radical (unpaired) electrons. The maximum Gasteiger partial charge on any atom is 0.151 e. The normalized spacial score (nSPS) is 24.8. The van der Waals surface area contributed by atoms with Crippen molar-refractivity contribution in [3.63, 3.8) is 0 Å². The molecule has 1 unspecified atom stereocenters. The Morgan fingerprint density at radius 2 is 2.40 bits per heavy atom. The molecule has 1 aromatic rings. The lowest BCUT2D eigenvalue weighted by Gasteiger charge is -2.21. The predicted octanol–water partition coefficient (Wildman–Crippen LogP) is 2.43. The second-order valence-electron chi connectivity index (χ2n) is 3.63. The summed E-state index contributed by atoms with van der Waals surface area (Å²) >= 11 is 5.86. The number of nitriles is 1. The van der Waals surface area contributed by atoms with E-state index in [9.17, 15) is 0 Å². The fourth-order valence-electron chi connectivity index (χ4n) is 1.62. The average Bonchev–Trinajstić information content (AvgIpc) is 2.67. The Bertz CT molecular complexity index is 394. The van der Waals surface area contributed by atoms with Gasteiger partial charge in [0.2, 0.25) is 0 Å². The summed E-state index contributed by atoms with van der Waals surface area (Å²) in [6.45, 7) is 1.05. The summed E-state index contributed by atoms with van der Waals surface area (Å²) in [5.74, 6) is 0. The van der Waals surface area contributed by atoms with Crippen LogP contribution in [0.3, 0.4) is 0 Å². The molecule has 78 valence electrons. The van der Waals surface area contributed by atoms with Crippen LogP contribution in [0, 0.1) is 11.3 Å². The number of hydrogen-bond donors (Lipinski definition) is 1. The number of ether oxygens (including phenoxy) is 1. The van der Waals surface area contributed by atoms with Crippen molar-refractivity contribution < 1.29 is 4.74 Å². The molecule has 2 rings (SSSR count). The summed E-state index contributed by atoms with van der Waals surface area (Å²) in [5, 5.41) is 13.0. The number of benzene rings is 1. The first-order valence-corrected chi connectivity index (χ1v) is 5.15. The highest BCUT2D eigenvalue weighted by Crippen LogP contribution is 2.25. The third-order valence-corrected chi connectivity index (χ3v) is 2.68. The number of anilines is 1. The molecule has 4 heteroatoms. The molecular weight excluding hydrogens is 212 g/mol. The van der Waals surface area contributed by atoms with Crippen molar-refractivity contribution in [2.75, 3.05) is 18.5 Å². The van der Waals surface area contributed by atoms with Gasteiger partial charge in [-0.25, -0.2) is 0 Å². The molecule has 0 saturated carbocycles. The Hall–Kier alpha value is -1.24. The fraction of sp³-hybridized carbons (Fsp3) is 0.364. The molecule has 1 aliphatic heterocycles. The van der Waals surface area contributed by atoms with Gasteiger partial charge in [0.15, 0.2) is 5.54 Å². The molecule has 1 aliphatic rings. The van der Waals surface area contributed by atoms with Gasteiger partial charge < -0.3 is 10.1 Å². The minimum absolute atomic E-state index is 0.427. The average molecular weight is 223 g/mol. The molecule has 0 amide bonds. The Balaban J connectivity index is 2.17. The van der Waals surface area contributed by atoms with E-state index in [1.54, 1.807) is 12.1 Å². The van der Waals surface area contributed by atoms with E-state index in [1.165, 1.54) is 0 Å². The van der Waals surface area contributed by atoms with E-state index in [-0.39, 0.29) is 0 Å². The van der Waals surface area contributed by atoms with Crippen molar-refractivity contribution in [2.45, 2.75) is 12.0 Å². The van der Waals surface area contributed by atoms with Gasteiger partial charge in [0.1, 0.15) is 0 Å². The van der Waals surface area contributed by atoms with Gasteiger partial charge in [0.25, 0.3) is 0 Å². The third kappa shape index (κ3) is 2.23. The molecule has 3 nitrogen and oxygen atoms in total. The maximum atomic E-state index is 9.12. The molecule has 1 saturated heterocycles. The summed E-state index contributed by atoms with van der Waals surface area (Å²) < 4.78 is 5.24. The fourth-order valence-corrected chi connectivity index (χ4v) is 1.81. The molecule has 0 aliphatic carbocycles. The zero-order valence-corrected chi connectivity index (χ0v) is 8.92. The largest absolute Gasteiger partial charge is 0.378 e. The first-order chi connectivity index (χ1) is 7.24. The molecule has 1 heterocycles. The van der Waals surface area contributed by atoms with Crippen molar-refractivity contribution in [3.05, 3.63) is 29.3 Å². The van der Waals surface area contributed by atoms with E-state index in [1.807, 2.05) is 12.1 Å². The lowest BCUT2D eigenvalue weighted by Crippen LogP contribution is -2.36. The van der Waals surface area contributed by atoms with Gasteiger partial charge in [0, 0.05) is 17.1 Å². The lowest BCUT2D eigenvalue weighted by molar-refractivity contribution is 0.189. The Morgan fingerprint density at radius 3 is 3.00 bits per heavy atom. The predicted molar refractivity (Wildman–Crippen MR) is 58.9 cm³/mol. The van der Waals surface area contributed by atoms with Gasteiger partial charge in [-0.15, -0.1) is 0 Å². The summed E-state index contributed by atoms with van der Waals surface area (Å²) in [7, 11) is 0. The molecule has 1 N–H and O–H groups in total. The van der Waals surface area contributed by atoms with E-state index < -0.39 is 5.54 Å². The van der Waals surface area contributed by atoms with Crippen LogP contribution in [0.1, 0.15) is 6.42 Å². The molecule has 1 atom stereocenters. The van der Waals surface area contributed by atoms with Crippen LogP contribution in [-0.4, -0.2) is 18.8 Å². The van der Waals surface area contributed by atoms with Crippen molar-refractivity contribution in [1.82, 2.24) is 0 Å². The second kappa shape index (κ2) is 4.09. The molecule has 15 heavy (non-hydrogen) atoms. The molecule has 0 aromatic heterocycles. The zero-order chi connectivity index (χ0) is 10.7. The van der Waals surface area contributed by atoms with Crippen LogP contribution in [0.25, 0.3) is 0 Å². The Morgan fingerprint density at radius 1 is 1.53 bits per heavy atom. The van der Waals surface area contributed by atoms with E-state index in [0.717, 1.165) is 5.69 Å². The van der Waals surface area contributed by atoms with E-state index in [2.05, 4.69) is 11.4 Å². The number of halogens is 1. The first-order valence-electron chi connectivity index (χ1n) is 4.77. The SMILES string of the molecule is N#CC1(Nc2cccc(Cl)c2)CCOC1. The van der Waals surface area contributed by atoms with E-state index >= 15 is 0 Å². The Labute approximate surface area is 93.6 Å². The van der Waals surface area contributed by atoms with Gasteiger partial charge in [-0.3, -0.25) is 0 Å². The molecule has 0 bridgehead atoms. The summed E-state index contributed by atoms with van der Waals surface area (Å²) in [6.07, 6.45) is 0.704. The number of nitrogens with zero attached hydrogens (tertiary/aromatic N) is 1. The van der Waals surface area contributed by atoms with Gasteiger partial charge >= 0.3 is 0 Å². The van der Waals surface area contributed by atoms with Gasteiger partial charge in [-0.2, -0.15) is 5.26 Å². The topological polar surface area (TPSA) is 45.0 Å². The van der Waals surface area contributed by atoms with Crippen LogP contribution in [-0.2, 0) is 4.74 Å².